The maximum Gasteiger partial charge on any atom is 0.251 e. The average molecular weight is 367 g/mol. The van der Waals surface area contributed by atoms with E-state index >= 15 is 0 Å². The Bertz CT molecular complexity index is 827. The van der Waals surface area contributed by atoms with Gasteiger partial charge in [0.1, 0.15) is 0 Å². The van der Waals surface area contributed by atoms with E-state index in [-0.39, 0.29) is 17.7 Å². The van der Waals surface area contributed by atoms with Crippen molar-refractivity contribution in [3.05, 3.63) is 45.4 Å². The number of nitrogens with zero attached hydrogens (tertiary/aromatic N) is 1. The van der Waals surface area contributed by atoms with Gasteiger partial charge in [-0.05, 0) is 52.0 Å². The van der Waals surface area contributed by atoms with E-state index in [1.807, 2.05) is 20.8 Å². The molecule has 1 heterocycles. The maximum absolute atomic E-state index is 12.3. The number of anilines is 1. The first-order valence-electron chi connectivity index (χ1n) is 7.57. The lowest BCUT2D eigenvalue weighted by Crippen LogP contribution is -2.27. The maximum atomic E-state index is 12.3. The number of benzene rings is 1. The molecule has 1 unspecified atom stereocenters. The number of hydrogen-bond acceptors (Lipinski definition) is 5. The van der Waals surface area contributed by atoms with Crippen LogP contribution >= 0.6 is 11.3 Å². The third kappa shape index (κ3) is 4.55. The Balaban J connectivity index is 2.06. The predicted octanol–water partition coefficient (Wildman–Crippen LogP) is 3.01. The van der Waals surface area contributed by atoms with Crippen molar-refractivity contribution in [2.24, 2.45) is 0 Å². The molecule has 2 N–H and O–H groups in total. The molecule has 1 aromatic carbocycles. The SMILES string of the molecule is CCS(=O)(=O)Nc1ccc(C(=O)NC(C)c2nc(C)sc2C)cc1. The summed E-state index contributed by atoms with van der Waals surface area (Å²) in [4.78, 5) is 17.9. The molecule has 1 aromatic heterocycles. The van der Waals surface area contributed by atoms with Crippen LogP contribution < -0.4 is 10.0 Å². The highest BCUT2D eigenvalue weighted by Crippen LogP contribution is 2.22. The number of sulfonamides is 1. The molecule has 8 heteroatoms. The van der Waals surface area contributed by atoms with Gasteiger partial charge in [0.15, 0.2) is 0 Å². The van der Waals surface area contributed by atoms with E-state index in [9.17, 15) is 13.2 Å². The van der Waals surface area contributed by atoms with Crippen molar-refractivity contribution in [1.82, 2.24) is 10.3 Å². The highest BCUT2D eigenvalue weighted by atomic mass is 32.2. The normalized spacial score (nSPS) is 12.7. The fraction of sp³-hybridized carbons (Fsp3) is 0.375. The second kappa shape index (κ2) is 7.31. The van der Waals surface area contributed by atoms with Gasteiger partial charge < -0.3 is 5.32 Å². The van der Waals surface area contributed by atoms with Crippen LogP contribution in [0.4, 0.5) is 5.69 Å². The Labute approximate surface area is 146 Å². The second-order valence-electron chi connectivity index (χ2n) is 5.45. The molecule has 0 fully saturated rings. The zero-order chi connectivity index (χ0) is 17.9. The molecule has 0 saturated carbocycles. The summed E-state index contributed by atoms with van der Waals surface area (Å²) < 4.78 is 25.5. The molecule has 24 heavy (non-hydrogen) atoms. The molecule has 0 spiro atoms. The number of thiazole rings is 1. The van der Waals surface area contributed by atoms with Crippen LogP contribution in [0, 0.1) is 13.8 Å². The van der Waals surface area contributed by atoms with E-state index in [2.05, 4.69) is 15.0 Å². The van der Waals surface area contributed by atoms with Gasteiger partial charge in [-0.25, -0.2) is 13.4 Å². The van der Waals surface area contributed by atoms with E-state index in [1.54, 1.807) is 42.5 Å². The Morgan fingerprint density at radius 3 is 2.38 bits per heavy atom. The van der Waals surface area contributed by atoms with Gasteiger partial charge in [-0.3, -0.25) is 9.52 Å². The summed E-state index contributed by atoms with van der Waals surface area (Å²) in [6, 6.07) is 6.14. The fourth-order valence-electron chi connectivity index (χ4n) is 2.24. The Morgan fingerprint density at radius 1 is 1.25 bits per heavy atom. The van der Waals surface area contributed by atoms with Crippen molar-refractivity contribution in [2.75, 3.05) is 10.5 Å². The van der Waals surface area contributed by atoms with Crippen molar-refractivity contribution >= 4 is 33.0 Å². The van der Waals surface area contributed by atoms with Crippen LogP contribution in [0.25, 0.3) is 0 Å². The molecule has 0 aliphatic carbocycles. The number of hydrogen-bond donors (Lipinski definition) is 2. The van der Waals surface area contributed by atoms with Crippen LogP contribution in [0.3, 0.4) is 0 Å². The third-order valence-electron chi connectivity index (χ3n) is 3.50. The van der Waals surface area contributed by atoms with E-state index in [0.29, 0.717) is 11.3 Å². The number of aromatic nitrogens is 1. The summed E-state index contributed by atoms with van der Waals surface area (Å²) in [7, 11) is -3.32. The minimum Gasteiger partial charge on any atom is -0.344 e. The van der Waals surface area contributed by atoms with Gasteiger partial charge in [0.05, 0.1) is 22.5 Å². The lowest BCUT2D eigenvalue weighted by molar-refractivity contribution is 0.0939. The molecule has 0 aliphatic heterocycles. The van der Waals surface area contributed by atoms with Crippen LogP contribution in [0.5, 0.6) is 0 Å². The van der Waals surface area contributed by atoms with Crippen molar-refractivity contribution in [2.45, 2.75) is 33.7 Å². The molecule has 130 valence electrons. The third-order valence-corrected chi connectivity index (χ3v) is 5.71. The highest BCUT2D eigenvalue weighted by Gasteiger charge is 2.16. The first kappa shape index (κ1) is 18.4. The number of rotatable bonds is 6. The molecule has 2 rings (SSSR count). The van der Waals surface area contributed by atoms with Gasteiger partial charge in [0.25, 0.3) is 5.91 Å². The van der Waals surface area contributed by atoms with Gasteiger partial charge in [0.2, 0.25) is 10.0 Å². The first-order valence-corrected chi connectivity index (χ1v) is 10.0. The van der Waals surface area contributed by atoms with E-state index in [0.717, 1.165) is 15.6 Å². The first-order chi connectivity index (χ1) is 11.2. The topological polar surface area (TPSA) is 88.2 Å². The molecule has 1 amide bonds. The van der Waals surface area contributed by atoms with E-state index < -0.39 is 10.0 Å². The molecular formula is C16H21N3O3S2. The Kier molecular flexibility index (Phi) is 5.61. The van der Waals surface area contributed by atoms with Crippen LogP contribution in [-0.2, 0) is 10.0 Å². The molecule has 2 aromatic rings. The lowest BCUT2D eigenvalue weighted by Gasteiger charge is -2.13. The number of nitrogens with one attached hydrogen (secondary N) is 2. The van der Waals surface area contributed by atoms with Gasteiger partial charge >= 0.3 is 0 Å². The number of carbonyl (C=O) groups is 1. The van der Waals surface area contributed by atoms with Crippen LogP contribution in [-0.4, -0.2) is 25.1 Å². The van der Waals surface area contributed by atoms with Crippen molar-refractivity contribution in [3.63, 3.8) is 0 Å². The fourth-order valence-corrected chi connectivity index (χ4v) is 3.79. The van der Waals surface area contributed by atoms with Crippen molar-refractivity contribution in [3.8, 4) is 0 Å². The minimum absolute atomic E-state index is 0.000832. The molecule has 6 nitrogen and oxygen atoms in total. The quantitative estimate of drug-likeness (QED) is 0.821. The van der Waals surface area contributed by atoms with Crippen LogP contribution in [0.15, 0.2) is 24.3 Å². The average Bonchev–Trinajstić information content (AvgIpc) is 2.86. The summed E-state index contributed by atoms with van der Waals surface area (Å²) in [5, 5.41) is 3.88. The Hall–Kier alpha value is -1.93. The summed E-state index contributed by atoms with van der Waals surface area (Å²) in [6.07, 6.45) is 0. The van der Waals surface area contributed by atoms with Crippen molar-refractivity contribution < 1.29 is 13.2 Å². The summed E-state index contributed by atoms with van der Waals surface area (Å²) in [5.41, 5.74) is 1.77. The molecule has 0 aliphatic rings. The second-order valence-corrected chi connectivity index (χ2v) is 8.87. The molecular weight excluding hydrogens is 346 g/mol. The van der Waals surface area contributed by atoms with Gasteiger partial charge in [-0.1, -0.05) is 0 Å². The van der Waals surface area contributed by atoms with Crippen LogP contribution in [0.2, 0.25) is 0 Å². The zero-order valence-electron chi connectivity index (χ0n) is 14.1. The smallest absolute Gasteiger partial charge is 0.251 e. The summed E-state index contributed by atoms with van der Waals surface area (Å²) in [5.74, 6) is -0.225. The number of carbonyl (C=O) groups excluding carboxylic acids is 1. The van der Waals surface area contributed by atoms with Crippen molar-refractivity contribution in [1.29, 1.82) is 0 Å². The summed E-state index contributed by atoms with van der Waals surface area (Å²) >= 11 is 1.60. The standard InChI is InChI=1S/C16H21N3O3S2/c1-5-24(21,22)19-14-8-6-13(7-9-14)16(20)17-10(2)15-11(3)23-12(4)18-15/h6-10,19H,5H2,1-4H3,(H,17,20). The summed E-state index contributed by atoms with van der Waals surface area (Å²) in [6.45, 7) is 7.37. The lowest BCUT2D eigenvalue weighted by atomic mass is 10.1. The van der Waals surface area contributed by atoms with Gasteiger partial charge in [-0.2, -0.15) is 0 Å². The highest BCUT2D eigenvalue weighted by molar-refractivity contribution is 7.92. The van der Waals surface area contributed by atoms with E-state index in [4.69, 9.17) is 0 Å². The minimum atomic E-state index is -3.32. The van der Waals surface area contributed by atoms with E-state index in [1.165, 1.54) is 0 Å². The largest absolute Gasteiger partial charge is 0.344 e. The monoisotopic (exact) mass is 367 g/mol. The van der Waals surface area contributed by atoms with Crippen LogP contribution in [0.1, 0.15) is 45.8 Å². The van der Waals surface area contributed by atoms with Gasteiger partial charge in [-0.15, -0.1) is 11.3 Å². The predicted molar refractivity (Wildman–Crippen MR) is 97.0 cm³/mol. The molecule has 0 radical (unpaired) electrons. The number of amides is 1. The molecule has 1 atom stereocenters. The molecule has 0 bridgehead atoms. The Morgan fingerprint density at radius 2 is 1.88 bits per heavy atom. The van der Waals surface area contributed by atoms with Gasteiger partial charge in [0, 0.05) is 16.1 Å². The molecule has 0 saturated heterocycles. The number of aryl methyl sites for hydroxylation is 2. The zero-order valence-corrected chi connectivity index (χ0v) is 15.7.